The molecule has 6 heteroatoms. The summed E-state index contributed by atoms with van der Waals surface area (Å²) in [5, 5.41) is 13.6. The highest BCUT2D eigenvalue weighted by molar-refractivity contribution is 6.12. The van der Waals surface area contributed by atoms with E-state index in [0.29, 0.717) is 33.4 Å². The molecule has 10 aromatic rings. The van der Waals surface area contributed by atoms with Crippen LogP contribution in [0.3, 0.4) is 0 Å². The lowest BCUT2D eigenvalue weighted by Crippen LogP contribution is -2.13. The molecule has 0 saturated carbocycles. The van der Waals surface area contributed by atoms with E-state index in [0.717, 1.165) is 77.1 Å². The Morgan fingerprint density at radius 3 is 1.39 bits per heavy atom. The van der Waals surface area contributed by atoms with Gasteiger partial charge in [-0.1, -0.05) is 96.1 Å². The number of aromatic nitrogens is 2. The summed E-state index contributed by atoms with van der Waals surface area (Å²) in [7, 11) is 0. The molecule has 0 spiro atoms. The van der Waals surface area contributed by atoms with Crippen molar-refractivity contribution >= 4 is 43.6 Å². The first-order valence-electron chi connectivity index (χ1n) is 20.8. The molecular weight excluding hydrogens is 772 g/mol. The molecule has 2 aromatic heterocycles. The van der Waals surface area contributed by atoms with Crippen LogP contribution in [-0.2, 0) is 6.18 Å². The summed E-state index contributed by atoms with van der Waals surface area (Å²) in [6.45, 7) is 12.6. The van der Waals surface area contributed by atoms with Gasteiger partial charge in [-0.15, -0.1) is 0 Å². The molecule has 0 atom stereocenters. The van der Waals surface area contributed by atoms with Crippen molar-refractivity contribution in [1.29, 1.82) is 5.26 Å². The van der Waals surface area contributed by atoms with Gasteiger partial charge in [0.05, 0.1) is 50.6 Å². The van der Waals surface area contributed by atoms with Gasteiger partial charge in [0.25, 0.3) is 0 Å². The van der Waals surface area contributed by atoms with Crippen LogP contribution in [0.4, 0.5) is 13.2 Å². The molecule has 0 aliphatic heterocycles. The lowest BCUT2D eigenvalue weighted by molar-refractivity contribution is -0.137. The molecule has 0 bridgehead atoms. The number of hydrogen-bond donors (Lipinski definition) is 0. The van der Waals surface area contributed by atoms with E-state index in [1.165, 1.54) is 17.2 Å². The number of nitriles is 1. The minimum absolute atomic E-state index is 0.00799. The van der Waals surface area contributed by atoms with Crippen LogP contribution < -0.4 is 0 Å². The molecule has 0 N–H and O–H groups in total. The maximum Gasteiger partial charge on any atom is 0.418 e. The minimum Gasteiger partial charge on any atom is -0.309 e. The van der Waals surface area contributed by atoms with Crippen molar-refractivity contribution in [3.63, 3.8) is 0 Å². The third kappa shape index (κ3) is 6.19. The predicted octanol–water partition coefficient (Wildman–Crippen LogP) is 15.6. The van der Waals surface area contributed by atoms with Crippen LogP contribution in [-0.4, -0.2) is 9.13 Å². The van der Waals surface area contributed by atoms with Gasteiger partial charge in [0.2, 0.25) is 0 Å². The first-order valence-corrected chi connectivity index (χ1v) is 20.8. The molecule has 0 fully saturated rings. The van der Waals surface area contributed by atoms with Crippen molar-refractivity contribution in [1.82, 2.24) is 9.13 Å². The molecule has 0 aliphatic rings. The van der Waals surface area contributed by atoms with Gasteiger partial charge in [-0.05, 0) is 152 Å². The van der Waals surface area contributed by atoms with Crippen LogP contribution in [0.2, 0.25) is 0 Å². The highest BCUT2D eigenvalue weighted by Crippen LogP contribution is 2.46. The lowest BCUT2D eigenvalue weighted by Gasteiger charge is -2.22. The molecule has 0 saturated heterocycles. The summed E-state index contributed by atoms with van der Waals surface area (Å²) in [6.07, 6.45) is -4.74. The van der Waals surface area contributed by atoms with E-state index in [1.807, 2.05) is 77.4 Å². The highest BCUT2D eigenvalue weighted by Gasteiger charge is 2.37. The Hall–Kier alpha value is -7.36. The molecule has 0 unspecified atom stereocenters. The van der Waals surface area contributed by atoms with Gasteiger partial charge in [0, 0.05) is 27.1 Å². The van der Waals surface area contributed by atoms with Gasteiger partial charge in [0.1, 0.15) is 0 Å². The van der Waals surface area contributed by atoms with Gasteiger partial charge in [-0.2, -0.15) is 18.4 Å². The number of hydrogen-bond acceptors (Lipinski definition) is 1. The summed E-state index contributed by atoms with van der Waals surface area (Å²) < 4.78 is 51.8. The fourth-order valence-corrected chi connectivity index (χ4v) is 10.2. The van der Waals surface area contributed by atoms with E-state index in [2.05, 4.69) is 90.1 Å². The summed E-state index contributed by atoms with van der Waals surface area (Å²) in [6, 6.07) is 49.0. The van der Waals surface area contributed by atoms with Crippen molar-refractivity contribution in [3.05, 3.63) is 190 Å². The average molecular weight is 814 g/mol. The molecule has 8 aromatic carbocycles. The van der Waals surface area contributed by atoms with Crippen molar-refractivity contribution in [2.24, 2.45) is 0 Å². The van der Waals surface area contributed by atoms with Crippen LogP contribution in [0.5, 0.6) is 0 Å². The lowest BCUT2D eigenvalue weighted by atomic mass is 9.93. The zero-order chi connectivity index (χ0) is 43.2. The van der Waals surface area contributed by atoms with E-state index in [-0.39, 0.29) is 5.69 Å². The third-order valence-electron chi connectivity index (χ3n) is 12.5. The second-order valence-electron chi connectivity index (χ2n) is 16.8. The summed E-state index contributed by atoms with van der Waals surface area (Å²) in [4.78, 5) is 0. The van der Waals surface area contributed by atoms with E-state index >= 15 is 13.2 Å². The van der Waals surface area contributed by atoms with Gasteiger partial charge in [-0.25, -0.2) is 0 Å². The SMILES string of the molecule is Cc1cc(C)c(-c2ccc3c(c2)c2ccccc2n3-c2cc(C(F)(F)F)c(-n3c4ccccc4c4cc(-c5c(C)cc(C)cc5C)ccc43)cc2-c2cccc(C#N)c2)c(C)c1. The number of aryl methyl sites for hydroxylation is 6. The Morgan fingerprint density at radius 1 is 0.435 bits per heavy atom. The Morgan fingerprint density at radius 2 is 0.903 bits per heavy atom. The van der Waals surface area contributed by atoms with Crippen LogP contribution in [0.15, 0.2) is 146 Å². The Balaban J connectivity index is 1.29. The number of fused-ring (bicyclic) bond motifs is 6. The smallest absolute Gasteiger partial charge is 0.309 e. The maximum atomic E-state index is 16.0. The van der Waals surface area contributed by atoms with Crippen molar-refractivity contribution in [2.45, 2.75) is 47.7 Å². The molecule has 0 radical (unpaired) electrons. The zero-order valence-electron chi connectivity index (χ0n) is 35.3. The topological polar surface area (TPSA) is 33.6 Å². The largest absolute Gasteiger partial charge is 0.418 e. The monoisotopic (exact) mass is 813 g/mol. The van der Waals surface area contributed by atoms with E-state index in [9.17, 15) is 5.26 Å². The van der Waals surface area contributed by atoms with Gasteiger partial charge in [-0.3, -0.25) is 0 Å². The van der Waals surface area contributed by atoms with E-state index in [1.54, 1.807) is 28.8 Å². The number of halogens is 3. The standard InChI is InChI=1S/C56H42F3N3/c1-32-22-34(3)54(35(4)23-32)40-18-20-50-45(27-40)42-14-7-9-16-48(42)61(50)52-30-47(56(57,58)59)53(29-44(52)39-13-11-12-38(26-39)31-60)62-49-17-10-8-15-43(49)46-28-41(19-21-51(46)62)55-36(5)24-33(2)25-37(55)6/h7-30H,1-6H3. The van der Waals surface area contributed by atoms with Crippen LogP contribution in [0, 0.1) is 52.9 Å². The quantitative estimate of drug-likeness (QED) is 0.170. The summed E-state index contributed by atoms with van der Waals surface area (Å²) >= 11 is 0. The summed E-state index contributed by atoms with van der Waals surface area (Å²) in [5.74, 6) is 0. The van der Waals surface area contributed by atoms with Gasteiger partial charge in [0.15, 0.2) is 0 Å². The van der Waals surface area contributed by atoms with E-state index in [4.69, 9.17) is 0 Å². The van der Waals surface area contributed by atoms with Gasteiger partial charge < -0.3 is 9.13 Å². The summed E-state index contributed by atoms with van der Waals surface area (Å²) in [5.41, 5.74) is 15.4. The normalized spacial score (nSPS) is 11.9. The zero-order valence-corrected chi connectivity index (χ0v) is 35.3. The number of para-hydroxylation sites is 2. The van der Waals surface area contributed by atoms with Crippen LogP contribution in [0.25, 0.3) is 88.4 Å². The first-order chi connectivity index (χ1) is 29.8. The second-order valence-corrected chi connectivity index (χ2v) is 16.8. The van der Waals surface area contributed by atoms with Crippen molar-refractivity contribution in [2.75, 3.05) is 0 Å². The van der Waals surface area contributed by atoms with Crippen molar-refractivity contribution in [3.8, 4) is 50.8 Å². The first kappa shape index (κ1) is 38.8. The Labute approximate surface area is 358 Å². The second kappa shape index (κ2) is 14.4. The minimum atomic E-state index is -4.74. The Kier molecular flexibility index (Phi) is 9.01. The fourth-order valence-electron chi connectivity index (χ4n) is 10.2. The average Bonchev–Trinajstić information content (AvgIpc) is 3.74. The predicted molar refractivity (Wildman–Crippen MR) is 250 cm³/mol. The molecule has 0 aliphatic carbocycles. The molecule has 62 heavy (non-hydrogen) atoms. The molecule has 3 nitrogen and oxygen atoms in total. The number of alkyl halides is 3. The number of rotatable bonds is 5. The molecule has 2 heterocycles. The maximum absolute atomic E-state index is 16.0. The fraction of sp³-hybridized carbons (Fsp3) is 0.125. The van der Waals surface area contributed by atoms with Crippen molar-refractivity contribution < 1.29 is 13.2 Å². The molecule has 10 rings (SSSR count). The number of nitrogens with zero attached hydrogens (tertiary/aromatic N) is 3. The van der Waals surface area contributed by atoms with Crippen LogP contribution >= 0.6 is 0 Å². The molecule has 302 valence electrons. The Bertz CT molecular complexity index is 3490. The van der Waals surface area contributed by atoms with Crippen LogP contribution in [0.1, 0.15) is 44.5 Å². The van der Waals surface area contributed by atoms with Gasteiger partial charge >= 0.3 is 6.18 Å². The highest BCUT2D eigenvalue weighted by atomic mass is 19.4. The number of benzene rings is 8. The molecule has 0 amide bonds. The molecular formula is C56H42F3N3. The van der Waals surface area contributed by atoms with E-state index < -0.39 is 11.7 Å². The third-order valence-corrected chi connectivity index (χ3v) is 12.5.